The van der Waals surface area contributed by atoms with Gasteiger partial charge >= 0.3 is 0 Å². The van der Waals surface area contributed by atoms with Gasteiger partial charge in [0.05, 0.1) is 24.9 Å². The van der Waals surface area contributed by atoms with Crippen LogP contribution in [0.15, 0.2) is 103 Å². The van der Waals surface area contributed by atoms with E-state index in [-0.39, 0.29) is 37.4 Å². The zero-order chi connectivity index (χ0) is 34.0. The SMILES string of the molecule is C[C@H](/C=C/CC(=O)N1Cc2ccccc2C[C@H]1CO)[C@@]1(O)C(=O)N(Cc2ccc(NC(=O)c3ccc(N)cc3)cc2)c2ccc(Cl)cc21. The number of nitrogens with one attached hydrogen (secondary N) is 1. The van der Waals surface area contributed by atoms with Gasteiger partial charge in [0.1, 0.15) is 0 Å². The maximum Gasteiger partial charge on any atom is 0.264 e. The molecule has 3 amide bonds. The van der Waals surface area contributed by atoms with Crippen LogP contribution in [0.1, 0.15) is 46.0 Å². The van der Waals surface area contributed by atoms with E-state index in [0.717, 1.165) is 16.7 Å². The number of nitrogens with zero attached hydrogens (tertiary/aromatic N) is 2. The van der Waals surface area contributed by atoms with Crippen molar-refractivity contribution in [3.63, 3.8) is 0 Å². The minimum Gasteiger partial charge on any atom is -0.399 e. The molecule has 2 heterocycles. The molecular weight excluding hydrogens is 628 g/mol. The van der Waals surface area contributed by atoms with Crippen LogP contribution in [0.5, 0.6) is 0 Å². The molecule has 0 spiro atoms. The fourth-order valence-corrected chi connectivity index (χ4v) is 6.63. The van der Waals surface area contributed by atoms with E-state index in [1.807, 2.05) is 36.4 Å². The lowest BCUT2D eigenvalue weighted by Gasteiger charge is -2.36. The summed E-state index contributed by atoms with van der Waals surface area (Å²) in [5, 5.41) is 25.3. The number of hydrogen-bond donors (Lipinski definition) is 4. The zero-order valence-corrected chi connectivity index (χ0v) is 27.2. The number of amides is 3. The van der Waals surface area contributed by atoms with Crippen molar-refractivity contribution in [2.24, 2.45) is 5.92 Å². The number of nitrogen functional groups attached to an aromatic ring is 1. The van der Waals surface area contributed by atoms with E-state index in [0.29, 0.717) is 46.2 Å². The van der Waals surface area contributed by atoms with Gasteiger partial charge in [-0.25, -0.2) is 0 Å². The van der Waals surface area contributed by atoms with E-state index >= 15 is 0 Å². The summed E-state index contributed by atoms with van der Waals surface area (Å²) in [5.41, 5.74) is 9.35. The highest BCUT2D eigenvalue weighted by atomic mass is 35.5. The zero-order valence-electron chi connectivity index (χ0n) is 26.5. The Labute approximate surface area is 284 Å². The van der Waals surface area contributed by atoms with Gasteiger partial charge in [0.25, 0.3) is 11.8 Å². The van der Waals surface area contributed by atoms with Crippen molar-refractivity contribution in [2.75, 3.05) is 22.6 Å². The molecule has 6 rings (SSSR count). The molecule has 9 nitrogen and oxygen atoms in total. The lowest BCUT2D eigenvalue weighted by molar-refractivity contribution is -0.139. The highest BCUT2D eigenvalue weighted by molar-refractivity contribution is 6.31. The van der Waals surface area contributed by atoms with Crippen LogP contribution in [-0.2, 0) is 34.7 Å². The van der Waals surface area contributed by atoms with Crippen LogP contribution < -0.4 is 16.0 Å². The average molecular weight is 665 g/mol. The lowest BCUT2D eigenvalue weighted by atomic mass is 9.83. The van der Waals surface area contributed by atoms with Gasteiger partial charge in [-0.05, 0) is 77.7 Å². The first kappa shape index (κ1) is 33.0. The smallest absolute Gasteiger partial charge is 0.264 e. The first-order valence-corrected chi connectivity index (χ1v) is 16.2. The van der Waals surface area contributed by atoms with Crippen LogP contribution >= 0.6 is 11.6 Å². The predicted octanol–water partition coefficient (Wildman–Crippen LogP) is 5.44. The number of rotatable bonds is 9. The normalized spacial score (nSPS) is 19.2. The van der Waals surface area contributed by atoms with Crippen LogP contribution in [-0.4, -0.2) is 45.5 Å². The first-order valence-electron chi connectivity index (χ1n) is 15.8. The molecule has 0 unspecified atom stereocenters. The molecule has 10 heteroatoms. The molecule has 0 radical (unpaired) electrons. The van der Waals surface area contributed by atoms with E-state index in [2.05, 4.69) is 5.32 Å². The Hall–Kier alpha value is -4.96. The molecule has 4 aromatic carbocycles. The lowest BCUT2D eigenvalue weighted by Crippen LogP contribution is -2.46. The van der Waals surface area contributed by atoms with Crippen LogP contribution in [0.3, 0.4) is 0 Å². The summed E-state index contributed by atoms with van der Waals surface area (Å²) in [5.74, 6) is -1.61. The fourth-order valence-electron chi connectivity index (χ4n) is 6.46. The third-order valence-electron chi connectivity index (χ3n) is 9.22. The van der Waals surface area contributed by atoms with Gasteiger partial charge in [0.2, 0.25) is 5.91 Å². The second kappa shape index (κ2) is 13.6. The predicted molar refractivity (Wildman–Crippen MR) is 186 cm³/mol. The summed E-state index contributed by atoms with van der Waals surface area (Å²) in [6.07, 6.45) is 4.01. The molecule has 3 atom stereocenters. The summed E-state index contributed by atoms with van der Waals surface area (Å²) >= 11 is 6.35. The minimum absolute atomic E-state index is 0.0562. The van der Waals surface area contributed by atoms with Crippen molar-refractivity contribution in [1.82, 2.24) is 4.90 Å². The molecule has 0 fully saturated rings. The van der Waals surface area contributed by atoms with Crippen molar-refractivity contribution in [3.05, 3.63) is 136 Å². The van der Waals surface area contributed by atoms with Gasteiger partial charge in [-0.2, -0.15) is 0 Å². The van der Waals surface area contributed by atoms with Gasteiger partial charge < -0.3 is 31.1 Å². The Kier molecular flexibility index (Phi) is 9.37. The quantitative estimate of drug-likeness (QED) is 0.139. The second-order valence-corrected chi connectivity index (χ2v) is 12.8. The molecule has 0 aromatic heterocycles. The topological polar surface area (TPSA) is 136 Å². The van der Waals surface area contributed by atoms with Crippen molar-refractivity contribution in [2.45, 2.75) is 44.5 Å². The highest BCUT2D eigenvalue weighted by Crippen LogP contribution is 2.46. The van der Waals surface area contributed by atoms with Crippen molar-refractivity contribution >= 4 is 46.4 Å². The largest absolute Gasteiger partial charge is 0.399 e. The number of nitrogens with two attached hydrogens (primary N) is 1. The summed E-state index contributed by atoms with van der Waals surface area (Å²) in [4.78, 5) is 43.1. The average Bonchev–Trinajstić information content (AvgIpc) is 3.30. The number of hydrogen-bond acceptors (Lipinski definition) is 6. The van der Waals surface area contributed by atoms with Gasteiger partial charge in [-0.3, -0.25) is 14.4 Å². The van der Waals surface area contributed by atoms with Crippen LogP contribution in [0, 0.1) is 5.92 Å². The summed E-state index contributed by atoms with van der Waals surface area (Å²) < 4.78 is 0. The van der Waals surface area contributed by atoms with Gasteiger partial charge in [0.15, 0.2) is 5.60 Å². The van der Waals surface area contributed by atoms with Crippen molar-refractivity contribution < 1.29 is 24.6 Å². The van der Waals surface area contributed by atoms with Gasteiger partial charge in [0, 0.05) is 46.4 Å². The monoisotopic (exact) mass is 664 g/mol. The molecule has 0 saturated heterocycles. The summed E-state index contributed by atoms with van der Waals surface area (Å²) in [6, 6.07) is 26.4. The van der Waals surface area contributed by atoms with E-state index in [1.54, 1.807) is 78.6 Å². The number of anilines is 3. The third-order valence-corrected chi connectivity index (χ3v) is 9.45. The maximum atomic E-state index is 14.0. The molecular formula is C38H37ClN4O5. The van der Waals surface area contributed by atoms with E-state index in [1.165, 1.54) is 4.90 Å². The van der Waals surface area contributed by atoms with E-state index in [4.69, 9.17) is 17.3 Å². The standard InChI is InChI=1S/C38H37ClN4O5/c1-24(5-4-8-35(45)42-22-28-7-3-2-6-27(28)19-32(42)23-44)38(48)33-20-29(39)13-18-34(33)43(37(38)47)21-25-9-16-31(17-10-25)41-36(46)26-11-14-30(40)15-12-26/h2-7,9-18,20,24,32,44,48H,8,19,21-23,40H2,1H3,(H,41,46)/b5-4+/t24-,32+,38+/m1/s1. The maximum absolute atomic E-state index is 14.0. The number of aliphatic hydroxyl groups is 2. The number of fused-ring (bicyclic) bond motifs is 2. The number of carbonyl (C=O) groups is 3. The third kappa shape index (κ3) is 6.44. The molecule has 5 N–H and O–H groups in total. The van der Waals surface area contributed by atoms with Crippen LogP contribution in [0.25, 0.3) is 0 Å². The fraction of sp³-hybridized carbons (Fsp3) is 0.237. The Bertz CT molecular complexity index is 1880. The molecule has 4 aromatic rings. The summed E-state index contributed by atoms with van der Waals surface area (Å²) in [7, 11) is 0. The van der Waals surface area contributed by atoms with Gasteiger partial charge in [-0.1, -0.05) is 67.1 Å². The molecule has 0 aliphatic carbocycles. The van der Waals surface area contributed by atoms with E-state index in [9.17, 15) is 24.6 Å². The molecule has 2 aliphatic heterocycles. The molecule has 0 bridgehead atoms. The number of aliphatic hydroxyl groups excluding tert-OH is 1. The van der Waals surface area contributed by atoms with Crippen LogP contribution in [0.2, 0.25) is 5.02 Å². The molecule has 48 heavy (non-hydrogen) atoms. The first-order chi connectivity index (χ1) is 23.1. The molecule has 2 aliphatic rings. The van der Waals surface area contributed by atoms with Crippen LogP contribution in [0.4, 0.5) is 17.1 Å². The number of carbonyl (C=O) groups excluding carboxylic acids is 3. The number of halogens is 1. The Morgan fingerprint density at radius 1 is 1.04 bits per heavy atom. The second-order valence-electron chi connectivity index (χ2n) is 12.3. The van der Waals surface area contributed by atoms with E-state index < -0.39 is 17.4 Å². The summed E-state index contributed by atoms with van der Waals surface area (Å²) in [6.45, 7) is 2.20. The Morgan fingerprint density at radius 3 is 2.46 bits per heavy atom. The van der Waals surface area contributed by atoms with Gasteiger partial charge in [-0.15, -0.1) is 0 Å². The van der Waals surface area contributed by atoms with Crippen molar-refractivity contribution in [3.8, 4) is 0 Å². The highest BCUT2D eigenvalue weighted by Gasteiger charge is 2.52. The van der Waals surface area contributed by atoms with Crippen molar-refractivity contribution in [1.29, 1.82) is 0 Å². The molecule has 0 saturated carbocycles. The minimum atomic E-state index is -1.91. The number of benzene rings is 4. The Balaban J connectivity index is 1.15. The molecule has 246 valence electrons. The Morgan fingerprint density at radius 2 is 1.75 bits per heavy atom.